The van der Waals surface area contributed by atoms with Crippen molar-refractivity contribution in [3.05, 3.63) is 35.9 Å². The number of carbonyl (C=O) groups excluding carboxylic acids is 1. The van der Waals surface area contributed by atoms with Crippen molar-refractivity contribution < 1.29 is 9.53 Å². The van der Waals surface area contributed by atoms with Crippen molar-refractivity contribution >= 4 is 34.3 Å². The standard InChI is InChI=1S/C15H15N3O2S/c1-3-20-13(19)9-21-15-17-16-14-10(2)8-11-6-4-5-7-12(11)18(14)15/h4-8H,3,9H2,1-2H3. The Kier molecular flexibility index (Phi) is 3.79. The van der Waals surface area contributed by atoms with E-state index in [0.717, 1.165) is 22.1 Å². The van der Waals surface area contributed by atoms with Gasteiger partial charge in [-0.2, -0.15) is 0 Å². The summed E-state index contributed by atoms with van der Waals surface area (Å²) in [4.78, 5) is 11.5. The second-order valence-corrected chi connectivity index (χ2v) is 5.56. The maximum Gasteiger partial charge on any atom is 0.316 e. The highest BCUT2D eigenvalue weighted by atomic mass is 32.2. The fourth-order valence-electron chi connectivity index (χ4n) is 2.27. The van der Waals surface area contributed by atoms with Crippen molar-refractivity contribution in [1.82, 2.24) is 14.6 Å². The molecule has 0 aliphatic heterocycles. The molecule has 0 bridgehead atoms. The Morgan fingerprint density at radius 1 is 1.33 bits per heavy atom. The molecular formula is C15H15N3O2S. The summed E-state index contributed by atoms with van der Waals surface area (Å²) in [6.45, 7) is 4.20. The zero-order valence-corrected chi connectivity index (χ0v) is 12.7. The molecule has 1 aromatic carbocycles. The smallest absolute Gasteiger partial charge is 0.316 e. The van der Waals surface area contributed by atoms with Crippen LogP contribution >= 0.6 is 11.8 Å². The van der Waals surface area contributed by atoms with Crippen LogP contribution in [0.1, 0.15) is 12.5 Å². The molecule has 0 N–H and O–H groups in total. The number of esters is 1. The van der Waals surface area contributed by atoms with E-state index < -0.39 is 0 Å². The number of aromatic nitrogens is 3. The molecule has 0 saturated carbocycles. The number of thioether (sulfide) groups is 1. The Bertz CT molecular complexity index is 813. The number of rotatable bonds is 4. The van der Waals surface area contributed by atoms with Crippen molar-refractivity contribution in [1.29, 1.82) is 0 Å². The minimum atomic E-state index is -0.240. The van der Waals surface area contributed by atoms with Crippen LogP contribution in [0, 0.1) is 6.92 Å². The number of nitrogens with zero attached hydrogens (tertiary/aromatic N) is 3. The van der Waals surface area contributed by atoms with Gasteiger partial charge in [-0.15, -0.1) is 10.2 Å². The summed E-state index contributed by atoms with van der Waals surface area (Å²) < 4.78 is 6.94. The molecule has 0 spiro atoms. The van der Waals surface area contributed by atoms with Gasteiger partial charge in [-0.3, -0.25) is 9.20 Å². The number of hydrogen-bond donors (Lipinski definition) is 0. The summed E-state index contributed by atoms with van der Waals surface area (Å²) in [5.74, 6) is -0.00658. The van der Waals surface area contributed by atoms with Crippen LogP contribution in [0.3, 0.4) is 0 Å². The molecule has 2 heterocycles. The van der Waals surface area contributed by atoms with Crippen molar-refractivity contribution in [2.75, 3.05) is 12.4 Å². The summed E-state index contributed by atoms with van der Waals surface area (Å²) in [5, 5.41) is 10.3. The summed E-state index contributed by atoms with van der Waals surface area (Å²) in [6.07, 6.45) is 0. The number of carbonyl (C=O) groups is 1. The van der Waals surface area contributed by atoms with E-state index >= 15 is 0 Å². The number of benzene rings is 1. The fraction of sp³-hybridized carbons (Fsp3) is 0.267. The molecule has 0 radical (unpaired) electrons. The van der Waals surface area contributed by atoms with Crippen molar-refractivity contribution in [2.24, 2.45) is 0 Å². The Morgan fingerprint density at radius 3 is 2.95 bits per heavy atom. The number of para-hydroxylation sites is 1. The monoisotopic (exact) mass is 301 g/mol. The summed E-state index contributed by atoms with van der Waals surface area (Å²) in [6, 6.07) is 10.2. The average molecular weight is 301 g/mol. The summed E-state index contributed by atoms with van der Waals surface area (Å²) in [5.41, 5.74) is 2.92. The first-order chi connectivity index (χ1) is 10.2. The molecule has 6 heteroatoms. The molecule has 0 unspecified atom stereocenters. The van der Waals surface area contributed by atoms with E-state index in [9.17, 15) is 4.79 Å². The van der Waals surface area contributed by atoms with E-state index in [1.54, 1.807) is 6.92 Å². The van der Waals surface area contributed by atoms with Gasteiger partial charge in [0, 0.05) is 0 Å². The first-order valence-corrected chi connectivity index (χ1v) is 7.71. The van der Waals surface area contributed by atoms with Crippen LogP contribution in [-0.2, 0) is 9.53 Å². The molecule has 0 fully saturated rings. The van der Waals surface area contributed by atoms with Crippen LogP contribution in [0.2, 0.25) is 0 Å². The predicted molar refractivity (Wildman–Crippen MR) is 82.6 cm³/mol. The zero-order chi connectivity index (χ0) is 14.8. The third-order valence-corrected chi connectivity index (χ3v) is 4.06. The molecule has 21 heavy (non-hydrogen) atoms. The predicted octanol–water partition coefficient (Wildman–Crippen LogP) is 2.85. The first-order valence-electron chi connectivity index (χ1n) is 6.72. The van der Waals surface area contributed by atoms with Crippen LogP contribution in [0.4, 0.5) is 0 Å². The highest BCUT2D eigenvalue weighted by molar-refractivity contribution is 7.99. The van der Waals surface area contributed by atoms with E-state index in [1.807, 2.05) is 29.5 Å². The van der Waals surface area contributed by atoms with Crippen LogP contribution < -0.4 is 0 Å². The van der Waals surface area contributed by atoms with Crippen molar-refractivity contribution in [3.8, 4) is 0 Å². The molecule has 0 aliphatic carbocycles. The Labute approximate surface area is 126 Å². The second kappa shape index (κ2) is 5.73. The van der Waals surface area contributed by atoms with Gasteiger partial charge in [-0.05, 0) is 36.9 Å². The molecule has 0 atom stereocenters. The number of pyridine rings is 1. The van der Waals surface area contributed by atoms with Crippen LogP contribution in [0.15, 0.2) is 35.5 Å². The number of aryl methyl sites for hydroxylation is 1. The topological polar surface area (TPSA) is 56.5 Å². The molecule has 2 aromatic heterocycles. The van der Waals surface area contributed by atoms with E-state index in [2.05, 4.69) is 22.3 Å². The molecule has 3 aromatic rings. The Hall–Kier alpha value is -2.08. The maximum atomic E-state index is 11.5. The second-order valence-electron chi connectivity index (χ2n) is 4.62. The lowest BCUT2D eigenvalue weighted by atomic mass is 10.1. The maximum absolute atomic E-state index is 11.5. The molecule has 0 saturated heterocycles. The van der Waals surface area contributed by atoms with Gasteiger partial charge in [0.2, 0.25) is 0 Å². The highest BCUT2D eigenvalue weighted by Crippen LogP contribution is 2.25. The van der Waals surface area contributed by atoms with Gasteiger partial charge < -0.3 is 4.74 Å². The number of fused-ring (bicyclic) bond motifs is 3. The van der Waals surface area contributed by atoms with Crippen LogP contribution in [0.5, 0.6) is 0 Å². The van der Waals surface area contributed by atoms with E-state index in [0.29, 0.717) is 11.8 Å². The third kappa shape index (κ3) is 2.58. The lowest BCUT2D eigenvalue weighted by Gasteiger charge is -2.06. The van der Waals surface area contributed by atoms with Crippen LogP contribution in [0.25, 0.3) is 16.6 Å². The molecule has 0 amide bonds. The van der Waals surface area contributed by atoms with Crippen molar-refractivity contribution in [2.45, 2.75) is 19.0 Å². The molecule has 3 rings (SSSR count). The fourth-order valence-corrected chi connectivity index (χ4v) is 3.02. The number of hydrogen-bond acceptors (Lipinski definition) is 5. The Morgan fingerprint density at radius 2 is 2.14 bits per heavy atom. The van der Waals surface area contributed by atoms with Gasteiger partial charge >= 0.3 is 5.97 Å². The zero-order valence-electron chi connectivity index (χ0n) is 11.9. The van der Waals surface area contributed by atoms with E-state index in [1.165, 1.54) is 11.8 Å². The average Bonchev–Trinajstić information content (AvgIpc) is 2.90. The minimum Gasteiger partial charge on any atom is -0.465 e. The van der Waals surface area contributed by atoms with Gasteiger partial charge in [0.15, 0.2) is 10.8 Å². The van der Waals surface area contributed by atoms with Crippen molar-refractivity contribution in [3.63, 3.8) is 0 Å². The lowest BCUT2D eigenvalue weighted by Crippen LogP contribution is -2.07. The molecule has 5 nitrogen and oxygen atoms in total. The number of ether oxygens (including phenoxy) is 1. The molecule has 0 aliphatic rings. The van der Waals surface area contributed by atoms with E-state index in [4.69, 9.17) is 4.74 Å². The quantitative estimate of drug-likeness (QED) is 0.548. The Balaban J connectivity index is 2.05. The summed E-state index contributed by atoms with van der Waals surface area (Å²) >= 11 is 1.34. The summed E-state index contributed by atoms with van der Waals surface area (Å²) in [7, 11) is 0. The lowest BCUT2D eigenvalue weighted by molar-refractivity contribution is -0.139. The van der Waals surface area contributed by atoms with Gasteiger partial charge in [-0.25, -0.2) is 0 Å². The van der Waals surface area contributed by atoms with Gasteiger partial charge in [0.25, 0.3) is 0 Å². The third-order valence-electron chi connectivity index (χ3n) is 3.16. The van der Waals surface area contributed by atoms with Gasteiger partial charge in [0.05, 0.1) is 17.9 Å². The van der Waals surface area contributed by atoms with Gasteiger partial charge in [-0.1, -0.05) is 30.0 Å². The first kappa shape index (κ1) is 13.9. The largest absolute Gasteiger partial charge is 0.465 e. The SMILES string of the molecule is CCOC(=O)CSc1nnc2c(C)cc3ccccc3n12. The minimum absolute atomic E-state index is 0.233. The van der Waals surface area contributed by atoms with Crippen LogP contribution in [-0.4, -0.2) is 32.9 Å². The van der Waals surface area contributed by atoms with E-state index in [-0.39, 0.29) is 11.7 Å². The normalized spacial score (nSPS) is 11.1. The molecular weight excluding hydrogens is 286 g/mol. The van der Waals surface area contributed by atoms with Gasteiger partial charge in [0.1, 0.15) is 0 Å². The molecule has 108 valence electrons. The highest BCUT2D eigenvalue weighted by Gasteiger charge is 2.13.